The summed E-state index contributed by atoms with van der Waals surface area (Å²) < 4.78 is 5.69. The number of carbonyl (C=O) groups excluding carboxylic acids is 1. The first-order valence-corrected chi connectivity index (χ1v) is 8.43. The number of ether oxygens (including phenoxy) is 1. The topological polar surface area (TPSA) is 41.6 Å². The van der Waals surface area contributed by atoms with E-state index in [1.54, 1.807) is 0 Å². The number of hydrogen-bond acceptors (Lipinski definition) is 3. The van der Waals surface area contributed by atoms with Gasteiger partial charge in [-0.25, -0.2) is 0 Å². The minimum Gasteiger partial charge on any atom is -0.492 e. The minimum absolute atomic E-state index is 0.0811. The monoisotopic (exact) mass is 324 g/mol. The molecule has 1 amide bonds. The summed E-state index contributed by atoms with van der Waals surface area (Å²) in [7, 11) is 2.07. The van der Waals surface area contributed by atoms with Crippen LogP contribution < -0.4 is 10.1 Å². The summed E-state index contributed by atoms with van der Waals surface area (Å²) in [5.41, 5.74) is 2.40. The summed E-state index contributed by atoms with van der Waals surface area (Å²) >= 11 is 0. The Balaban J connectivity index is 1.41. The molecule has 2 aromatic carbocycles. The van der Waals surface area contributed by atoms with E-state index in [2.05, 4.69) is 29.4 Å². The predicted octanol–water partition coefficient (Wildman–Crippen LogP) is 2.49. The molecule has 4 nitrogen and oxygen atoms in total. The number of rotatable bonds is 6. The molecule has 2 aromatic rings. The van der Waals surface area contributed by atoms with Gasteiger partial charge in [-0.05, 0) is 30.7 Å². The van der Waals surface area contributed by atoms with E-state index in [0.29, 0.717) is 13.2 Å². The fourth-order valence-electron chi connectivity index (χ4n) is 2.98. The van der Waals surface area contributed by atoms with E-state index in [-0.39, 0.29) is 11.8 Å². The molecule has 0 saturated heterocycles. The molecule has 3 rings (SSSR count). The number of amides is 1. The third-order valence-corrected chi connectivity index (χ3v) is 4.34. The molecule has 0 aromatic heterocycles. The van der Waals surface area contributed by atoms with E-state index in [1.807, 2.05) is 42.5 Å². The molecule has 1 aliphatic rings. The summed E-state index contributed by atoms with van der Waals surface area (Å²) in [5, 5.41) is 3.04. The van der Waals surface area contributed by atoms with Crippen molar-refractivity contribution in [1.82, 2.24) is 10.2 Å². The normalized spacial score (nSPS) is 16.3. The van der Waals surface area contributed by atoms with Gasteiger partial charge in [0.15, 0.2) is 0 Å². The van der Waals surface area contributed by atoms with Crippen molar-refractivity contribution in [3.8, 4) is 5.75 Å². The van der Waals surface area contributed by atoms with Gasteiger partial charge in [-0.2, -0.15) is 0 Å². The molecule has 1 N–H and O–H groups in total. The zero-order valence-corrected chi connectivity index (χ0v) is 14.1. The van der Waals surface area contributed by atoms with Crippen LogP contribution in [-0.2, 0) is 17.8 Å². The first-order chi connectivity index (χ1) is 11.7. The molecule has 1 heterocycles. The van der Waals surface area contributed by atoms with Crippen LogP contribution in [0.4, 0.5) is 0 Å². The van der Waals surface area contributed by atoms with Crippen LogP contribution in [0.15, 0.2) is 54.6 Å². The van der Waals surface area contributed by atoms with E-state index in [9.17, 15) is 4.79 Å². The zero-order chi connectivity index (χ0) is 16.8. The molecule has 0 radical (unpaired) electrons. The van der Waals surface area contributed by atoms with Gasteiger partial charge in [0.25, 0.3) is 0 Å². The highest BCUT2D eigenvalue weighted by Crippen LogP contribution is 2.26. The van der Waals surface area contributed by atoms with Gasteiger partial charge in [0.2, 0.25) is 5.91 Å². The fourth-order valence-corrected chi connectivity index (χ4v) is 2.98. The minimum atomic E-state index is -0.0978. The van der Waals surface area contributed by atoms with Crippen LogP contribution in [0, 0.1) is 5.92 Å². The fraction of sp³-hybridized carbons (Fsp3) is 0.350. The molecule has 1 aliphatic heterocycles. The molecule has 1 unspecified atom stereocenters. The van der Waals surface area contributed by atoms with Gasteiger partial charge in [-0.1, -0.05) is 48.5 Å². The molecular weight excluding hydrogens is 300 g/mol. The number of nitrogens with one attached hydrogen (secondary N) is 1. The van der Waals surface area contributed by atoms with Crippen molar-refractivity contribution in [1.29, 1.82) is 0 Å². The van der Waals surface area contributed by atoms with E-state index in [0.717, 1.165) is 30.8 Å². The quantitative estimate of drug-likeness (QED) is 0.887. The Morgan fingerprint density at radius 3 is 2.75 bits per heavy atom. The first-order valence-electron chi connectivity index (χ1n) is 8.43. The summed E-state index contributed by atoms with van der Waals surface area (Å²) in [6, 6.07) is 18.3. The second kappa shape index (κ2) is 7.97. The number of fused-ring (bicyclic) bond motifs is 1. The lowest BCUT2D eigenvalue weighted by Crippen LogP contribution is -2.40. The van der Waals surface area contributed by atoms with Gasteiger partial charge in [0.1, 0.15) is 12.4 Å². The van der Waals surface area contributed by atoms with Gasteiger partial charge in [-0.15, -0.1) is 0 Å². The van der Waals surface area contributed by atoms with Crippen LogP contribution >= 0.6 is 0 Å². The Kier molecular flexibility index (Phi) is 5.49. The van der Waals surface area contributed by atoms with Crippen molar-refractivity contribution >= 4 is 5.91 Å². The molecule has 0 aliphatic carbocycles. The van der Waals surface area contributed by atoms with Crippen molar-refractivity contribution in [2.45, 2.75) is 13.0 Å². The molecule has 0 fully saturated rings. The number of carbonyl (C=O) groups is 1. The van der Waals surface area contributed by atoms with Gasteiger partial charge in [-0.3, -0.25) is 4.79 Å². The maximum atomic E-state index is 12.3. The Labute approximate surface area is 143 Å². The standard InChI is InChI=1S/C20H24N2O2/c1-22(14-16-7-3-2-4-8-16)12-11-21-20(23)18-13-17-9-5-6-10-19(17)24-15-18/h2-10,18H,11-15H2,1H3,(H,21,23). The Hall–Kier alpha value is -2.33. The second-order valence-electron chi connectivity index (χ2n) is 6.33. The summed E-state index contributed by atoms with van der Waals surface area (Å²) in [6.07, 6.45) is 0.752. The molecule has 24 heavy (non-hydrogen) atoms. The number of benzene rings is 2. The van der Waals surface area contributed by atoms with Crippen LogP contribution in [0.1, 0.15) is 11.1 Å². The van der Waals surface area contributed by atoms with Gasteiger partial charge in [0, 0.05) is 19.6 Å². The highest BCUT2D eigenvalue weighted by Gasteiger charge is 2.25. The Morgan fingerprint density at radius 2 is 1.92 bits per heavy atom. The molecule has 126 valence electrons. The lowest BCUT2D eigenvalue weighted by atomic mass is 9.96. The Bertz CT molecular complexity index is 672. The number of likely N-dealkylation sites (N-methyl/N-ethyl adjacent to an activating group) is 1. The van der Waals surface area contributed by atoms with Gasteiger partial charge < -0.3 is 15.0 Å². The highest BCUT2D eigenvalue weighted by molar-refractivity contribution is 5.79. The summed E-state index contributed by atoms with van der Waals surface area (Å²) in [5.74, 6) is 0.890. The van der Waals surface area contributed by atoms with Crippen LogP contribution in [0.2, 0.25) is 0 Å². The smallest absolute Gasteiger partial charge is 0.226 e. The van der Waals surface area contributed by atoms with E-state index in [4.69, 9.17) is 4.74 Å². The SMILES string of the molecule is CN(CCNC(=O)C1COc2ccccc2C1)Cc1ccccc1. The average molecular weight is 324 g/mol. The van der Waals surface area contributed by atoms with Crippen LogP contribution in [0.3, 0.4) is 0 Å². The lowest BCUT2D eigenvalue weighted by Gasteiger charge is -2.25. The molecule has 0 bridgehead atoms. The number of hydrogen-bond donors (Lipinski definition) is 1. The van der Waals surface area contributed by atoms with E-state index >= 15 is 0 Å². The average Bonchev–Trinajstić information content (AvgIpc) is 2.62. The van der Waals surface area contributed by atoms with Gasteiger partial charge >= 0.3 is 0 Å². The van der Waals surface area contributed by atoms with Crippen molar-refractivity contribution in [3.05, 3.63) is 65.7 Å². The molecule has 0 spiro atoms. The first kappa shape index (κ1) is 16.5. The summed E-state index contributed by atoms with van der Waals surface area (Å²) in [4.78, 5) is 14.5. The second-order valence-corrected chi connectivity index (χ2v) is 6.33. The van der Waals surface area contributed by atoms with Crippen molar-refractivity contribution in [3.63, 3.8) is 0 Å². The van der Waals surface area contributed by atoms with E-state index < -0.39 is 0 Å². The Morgan fingerprint density at radius 1 is 1.17 bits per heavy atom. The van der Waals surface area contributed by atoms with Crippen molar-refractivity contribution in [2.24, 2.45) is 5.92 Å². The number of nitrogens with zero attached hydrogens (tertiary/aromatic N) is 1. The summed E-state index contributed by atoms with van der Waals surface area (Å²) in [6.45, 7) is 2.82. The molecular formula is C20H24N2O2. The predicted molar refractivity (Wildman–Crippen MR) is 94.9 cm³/mol. The highest BCUT2D eigenvalue weighted by atomic mass is 16.5. The third kappa shape index (κ3) is 4.36. The van der Waals surface area contributed by atoms with Crippen LogP contribution in [0.25, 0.3) is 0 Å². The molecule has 4 heteroatoms. The van der Waals surface area contributed by atoms with Gasteiger partial charge in [0.05, 0.1) is 5.92 Å². The third-order valence-electron chi connectivity index (χ3n) is 4.34. The molecule has 1 atom stereocenters. The van der Waals surface area contributed by atoms with E-state index in [1.165, 1.54) is 5.56 Å². The zero-order valence-electron chi connectivity index (χ0n) is 14.1. The van der Waals surface area contributed by atoms with Crippen molar-refractivity contribution in [2.75, 3.05) is 26.7 Å². The lowest BCUT2D eigenvalue weighted by molar-refractivity contribution is -0.126. The maximum Gasteiger partial charge on any atom is 0.226 e. The van der Waals surface area contributed by atoms with Crippen LogP contribution in [-0.4, -0.2) is 37.6 Å². The van der Waals surface area contributed by atoms with Crippen LogP contribution in [0.5, 0.6) is 5.75 Å². The molecule has 0 saturated carbocycles. The maximum absolute atomic E-state index is 12.3. The van der Waals surface area contributed by atoms with Crippen molar-refractivity contribution < 1.29 is 9.53 Å². The number of para-hydroxylation sites is 1. The largest absolute Gasteiger partial charge is 0.492 e.